The average molecular weight is 216 g/mol. The standard InChI is InChI=1S/C13H16N2O/c14-7-12-6-13(10-16)15(9-12)8-11-4-2-1-3-5-11/h1-5,12-13,16H,6,8-10H2/t12?,13-/m0/s1. The molecule has 2 atom stereocenters. The molecule has 1 heterocycles. The first kappa shape index (κ1) is 11.1. The van der Waals surface area contributed by atoms with Crippen LogP contribution >= 0.6 is 0 Å². The summed E-state index contributed by atoms with van der Waals surface area (Å²) in [5.41, 5.74) is 1.24. The Labute approximate surface area is 95.9 Å². The summed E-state index contributed by atoms with van der Waals surface area (Å²) in [6.07, 6.45) is 0.792. The Morgan fingerprint density at radius 1 is 1.38 bits per heavy atom. The molecule has 1 aromatic rings. The van der Waals surface area contributed by atoms with E-state index < -0.39 is 0 Å². The van der Waals surface area contributed by atoms with Gasteiger partial charge in [0.15, 0.2) is 0 Å². The maximum atomic E-state index is 9.28. The van der Waals surface area contributed by atoms with Crippen molar-refractivity contribution in [1.82, 2.24) is 4.90 Å². The minimum absolute atomic E-state index is 0.0702. The van der Waals surface area contributed by atoms with Crippen molar-refractivity contribution in [3.8, 4) is 6.07 Å². The van der Waals surface area contributed by atoms with Gasteiger partial charge in [-0.05, 0) is 12.0 Å². The van der Waals surface area contributed by atoms with Crippen molar-refractivity contribution < 1.29 is 5.11 Å². The molecule has 16 heavy (non-hydrogen) atoms. The maximum Gasteiger partial charge on any atom is 0.0669 e. The second kappa shape index (κ2) is 5.11. The normalized spacial score (nSPS) is 25.5. The molecular formula is C13H16N2O. The van der Waals surface area contributed by atoms with E-state index in [0.717, 1.165) is 19.5 Å². The van der Waals surface area contributed by atoms with Crippen molar-refractivity contribution in [2.75, 3.05) is 13.2 Å². The first-order valence-corrected chi connectivity index (χ1v) is 5.62. The van der Waals surface area contributed by atoms with Crippen molar-refractivity contribution in [1.29, 1.82) is 5.26 Å². The van der Waals surface area contributed by atoms with Gasteiger partial charge in [0.05, 0.1) is 18.6 Å². The van der Waals surface area contributed by atoms with Gasteiger partial charge in [0.2, 0.25) is 0 Å². The summed E-state index contributed by atoms with van der Waals surface area (Å²) >= 11 is 0. The second-order valence-electron chi connectivity index (χ2n) is 4.31. The Hall–Kier alpha value is -1.37. The van der Waals surface area contributed by atoms with Crippen LogP contribution in [0.25, 0.3) is 0 Å². The molecule has 0 spiro atoms. The summed E-state index contributed by atoms with van der Waals surface area (Å²) in [6, 6.07) is 12.6. The number of aliphatic hydroxyl groups excluding tert-OH is 1. The van der Waals surface area contributed by atoms with Crippen LogP contribution in [0, 0.1) is 17.2 Å². The highest BCUT2D eigenvalue weighted by Gasteiger charge is 2.31. The van der Waals surface area contributed by atoms with Gasteiger partial charge in [-0.1, -0.05) is 30.3 Å². The number of hydrogen-bond donors (Lipinski definition) is 1. The van der Waals surface area contributed by atoms with Crippen molar-refractivity contribution in [2.24, 2.45) is 5.92 Å². The number of nitriles is 1. The molecule has 0 aromatic heterocycles. The predicted octanol–water partition coefficient (Wildman–Crippen LogP) is 1.39. The fourth-order valence-electron chi connectivity index (χ4n) is 2.28. The fourth-order valence-corrected chi connectivity index (χ4v) is 2.28. The van der Waals surface area contributed by atoms with E-state index in [2.05, 4.69) is 23.1 Å². The van der Waals surface area contributed by atoms with Crippen molar-refractivity contribution in [3.63, 3.8) is 0 Å². The SMILES string of the molecule is N#CC1C[C@@H](CO)N(Cc2ccccc2)C1. The van der Waals surface area contributed by atoms with Gasteiger partial charge in [-0.15, -0.1) is 0 Å². The molecular weight excluding hydrogens is 200 g/mol. The van der Waals surface area contributed by atoms with E-state index in [1.807, 2.05) is 18.2 Å². The Morgan fingerprint density at radius 2 is 2.12 bits per heavy atom. The Bertz CT molecular complexity index is 371. The number of hydrogen-bond acceptors (Lipinski definition) is 3. The topological polar surface area (TPSA) is 47.3 Å². The number of benzene rings is 1. The molecule has 2 rings (SSSR count). The maximum absolute atomic E-state index is 9.28. The van der Waals surface area contributed by atoms with Crippen LogP contribution in [0.5, 0.6) is 0 Å². The molecule has 1 fully saturated rings. The molecule has 0 aliphatic carbocycles. The van der Waals surface area contributed by atoms with Gasteiger partial charge in [0, 0.05) is 19.1 Å². The highest BCUT2D eigenvalue weighted by Crippen LogP contribution is 2.24. The van der Waals surface area contributed by atoms with Crippen LogP contribution < -0.4 is 0 Å². The van der Waals surface area contributed by atoms with E-state index in [1.54, 1.807) is 0 Å². The zero-order valence-electron chi connectivity index (χ0n) is 9.21. The lowest BCUT2D eigenvalue weighted by molar-refractivity contribution is 0.153. The van der Waals surface area contributed by atoms with E-state index in [-0.39, 0.29) is 18.6 Å². The molecule has 0 radical (unpaired) electrons. The molecule has 1 aliphatic heterocycles. The van der Waals surface area contributed by atoms with Crippen molar-refractivity contribution in [2.45, 2.75) is 19.0 Å². The zero-order chi connectivity index (χ0) is 11.4. The third kappa shape index (κ3) is 2.41. The van der Waals surface area contributed by atoms with E-state index in [4.69, 9.17) is 5.26 Å². The molecule has 1 aliphatic rings. The predicted molar refractivity (Wildman–Crippen MR) is 61.4 cm³/mol. The zero-order valence-corrected chi connectivity index (χ0v) is 9.21. The van der Waals surface area contributed by atoms with Crippen molar-refractivity contribution in [3.05, 3.63) is 35.9 Å². The summed E-state index contributed by atoms with van der Waals surface area (Å²) in [7, 11) is 0. The van der Waals surface area contributed by atoms with E-state index >= 15 is 0 Å². The molecule has 0 saturated carbocycles. The number of aliphatic hydroxyl groups is 1. The monoisotopic (exact) mass is 216 g/mol. The molecule has 1 unspecified atom stereocenters. The Balaban J connectivity index is 2.02. The molecule has 1 saturated heterocycles. The van der Waals surface area contributed by atoms with Crippen molar-refractivity contribution >= 4 is 0 Å². The smallest absolute Gasteiger partial charge is 0.0669 e. The van der Waals surface area contributed by atoms with E-state index in [1.165, 1.54) is 5.56 Å². The van der Waals surface area contributed by atoms with Crippen LogP contribution in [0.2, 0.25) is 0 Å². The Morgan fingerprint density at radius 3 is 2.75 bits per heavy atom. The van der Waals surface area contributed by atoms with Crippen LogP contribution in [0.4, 0.5) is 0 Å². The summed E-state index contributed by atoms with van der Waals surface area (Å²) in [5.74, 6) is 0.0702. The quantitative estimate of drug-likeness (QED) is 0.830. The summed E-state index contributed by atoms with van der Waals surface area (Å²) in [6.45, 7) is 1.74. The first-order chi connectivity index (χ1) is 7.83. The lowest BCUT2D eigenvalue weighted by atomic mass is 10.1. The van der Waals surface area contributed by atoms with Gasteiger partial charge in [-0.25, -0.2) is 0 Å². The summed E-state index contributed by atoms with van der Waals surface area (Å²) < 4.78 is 0. The van der Waals surface area contributed by atoms with Crippen LogP contribution in [0.3, 0.4) is 0 Å². The first-order valence-electron chi connectivity index (χ1n) is 5.62. The van der Waals surface area contributed by atoms with E-state index in [9.17, 15) is 5.11 Å². The van der Waals surface area contributed by atoms with Gasteiger partial charge in [-0.2, -0.15) is 5.26 Å². The lowest BCUT2D eigenvalue weighted by Crippen LogP contribution is -2.31. The van der Waals surface area contributed by atoms with Gasteiger partial charge in [0.1, 0.15) is 0 Å². The molecule has 84 valence electrons. The van der Waals surface area contributed by atoms with Gasteiger partial charge < -0.3 is 5.11 Å². The van der Waals surface area contributed by atoms with Gasteiger partial charge in [-0.3, -0.25) is 4.90 Å². The average Bonchev–Trinajstić information content (AvgIpc) is 2.73. The number of nitrogens with zero attached hydrogens (tertiary/aromatic N) is 2. The van der Waals surface area contributed by atoms with Gasteiger partial charge in [0.25, 0.3) is 0 Å². The van der Waals surface area contributed by atoms with Crippen LogP contribution in [-0.4, -0.2) is 29.2 Å². The minimum atomic E-state index is 0.0702. The molecule has 1 N–H and O–H groups in total. The second-order valence-corrected chi connectivity index (χ2v) is 4.31. The van der Waals surface area contributed by atoms with Crippen LogP contribution in [0.15, 0.2) is 30.3 Å². The van der Waals surface area contributed by atoms with Crippen LogP contribution in [-0.2, 0) is 6.54 Å². The number of rotatable bonds is 3. The highest BCUT2D eigenvalue weighted by atomic mass is 16.3. The fraction of sp³-hybridized carbons (Fsp3) is 0.462. The number of likely N-dealkylation sites (tertiary alicyclic amines) is 1. The molecule has 0 amide bonds. The molecule has 1 aromatic carbocycles. The summed E-state index contributed by atoms with van der Waals surface area (Å²) in [4.78, 5) is 2.20. The minimum Gasteiger partial charge on any atom is -0.395 e. The van der Waals surface area contributed by atoms with Gasteiger partial charge >= 0.3 is 0 Å². The molecule has 3 nitrogen and oxygen atoms in total. The lowest BCUT2D eigenvalue weighted by Gasteiger charge is -2.22. The van der Waals surface area contributed by atoms with Crippen LogP contribution in [0.1, 0.15) is 12.0 Å². The van der Waals surface area contributed by atoms with E-state index in [0.29, 0.717) is 0 Å². The summed E-state index contributed by atoms with van der Waals surface area (Å²) in [5, 5.41) is 18.2. The third-order valence-electron chi connectivity index (χ3n) is 3.15. The molecule has 3 heteroatoms. The third-order valence-corrected chi connectivity index (χ3v) is 3.15. The highest BCUT2D eigenvalue weighted by molar-refractivity contribution is 5.15. The Kier molecular flexibility index (Phi) is 3.55. The largest absolute Gasteiger partial charge is 0.395 e. The molecule has 0 bridgehead atoms.